The Balaban J connectivity index is 1.49. The highest BCUT2D eigenvalue weighted by Crippen LogP contribution is 2.29. The second kappa shape index (κ2) is 10.9. The van der Waals surface area contributed by atoms with Crippen molar-refractivity contribution in [2.45, 2.75) is 35.5 Å². The van der Waals surface area contributed by atoms with Crippen LogP contribution in [0.15, 0.2) is 82.6 Å². The first kappa shape index (κ1) is 24.2. The normalized spacial score (nSPS) is 11.1. The van der Waals surface area contributed by atoms with Gasteiger partial charge in [-0.1, -0.05) is 48.2 Å². The number of nitrogens with one attached hydrogen (secondary N) is 2. The van der Waals surface area contributed by atoms with Crippen LogP contribution in [0.25, 0.3) is 0 Å². The second-order valence-corrected chi connectivity index (χ2v) is 8.35. The van der Waals surface area contributed by atoms with E-state index >= 15 is 0 Å². The fourth-order valence-electron chi connectivity index (χ4n) is 2.97. The van der Waals surface area contributed by atoms with Crippen LogP contribution >= 0.6 is 11.8 Å². The molecular formula is C24H21F3N2O3S. The summed E-state index contributed by atoms with van der Waals surface area (Å²) in [5.74, 6) is -0.228. The third kappa shape index (κ3) is 7.87. The van der Waals surface area contributed by atoms with Gasteiger partial charge in [0, 0.05) is 22.9 Å². The highest BCUT2D eigenvalue weighted by atomic mass is 32.2. The molecule has 33 heavy (non-hydrogen) atoms. The average Bonchev–Trinajstić information content (AvgIpc) is 2.78. The summed E-state index contributed by atoms with van der Waals surface area (Å²) in [6.07, 6.45) is -5.30. The molecule has 5 nitrogen and oxygen atoms in total. The van der Waals surface area contributed by atoms with E-state index in [0.717, 1.165) is 33.1 Å². The third-order valence-corrected chi connectivity index (χ3v) is 5.63. The van der Waals surface area contributed by atoms with E-state index in [1.807, 2.05) is 48.5 Å². The SMILES string of the molecule is O=C(O)NCc1cccc(Sc2ccc(CC(=O)NCc3ccc(C(F)(F)F)cc3)cc2)c1. The fraction of sp³-hybridized carbons (Fsp3) is 0.167. The van der Waals surface area contributed by atoms with E-state index < -0.39 is 17.8 Å². The van der Waals surface area contributed by atoms with Gasteiger partial charge in [0.1, 0.15) is 0 Å². The van der Waals surface area contributed by atoms with Crippen molar-refractivity contribution in [1.29, 1.82) is 0 Å². The molecule has 3 N–H and O–H groups in total. The Hall–Kier alpha value is -3.46. The number of benzene rings is 3. The Bertz CT molecular complexity index is 1100. The van der Waals surface area contributed by atoms with Crippen molar-refractivity contribution >= 4 is 23.8 Å². The van der Waals surface area contributed by atoms with E-state index in [2.05, 4.69) is 10.6 Å². The summed E-state index contributed by atoms with van der Waals surface area (Å²) in [5, 5.41) is 13.8. The van der Waals surface area contributed by atoms with Crippen molar-refractivity contribution in [3.8, 4) is 0 Å². The zero-order valence-electron chi connectivity index (χ0n) is 17.4. The summed E-state index contributed by atoms with van der Waals surface area (Å²) in [6.45, 7) is 0.377. The Morgan fingerprint density at radius 1 is 0.788 bits per heavy atom. The Labute approximate surface area is 193 Å². The van der Waals surface area contributed by atoms with E-state index in [9.17, 15) is 22.8 Å². The van der Waals surface area contributed by atoms with Crippen molar-refractivity contribution in [2.24, 2.45) is 0 Å². The number of hydrogen-bond acceptors (Lipinski definition) is 3. The van der Waals surface area contributed by atoms with Gasteiger partial charge in [0.25, 0.3) is 0 Å². The number of carbonyl (C=O) groups excluding carboxylic acids is 1. The molecule has 172 valence electrons. The minimum Gasteiger partial charge on any atom is -0.465 e. The van der Waals surface area contributed by atoms with Crippen LogP contribution in [-0.4, -0.2) is 17.1 Å². The van der Waals surface area contributed by atoms with Gasteiger partial charge in [-0.3, -0.25) is 4.79 Å². The lowest BCUT2D eigenvalue weighted by Gasteiger charge is -2.09. The second-order valence-electron chi connectivity index (χ2n) is 7.20. The molecule has 0 aliphatic rings. The summed E-state index contributed by atoms with van der Waals surface area (Å²) >= 11 is 1.52. The summed E-state index contributed by atoms with van der Waals surface area (Å²) < 4.78 is 37.8. The van der Waals surface area contributed by atoms with Crippen LogP contribution in [0.5, 0.6) is 0 Å². The van der Waals surface area contributed by atoms with Gasteiger partial charge >= 0.3 is 12.3 Å². The molecule has 0 bridgehead atoms. The van der Waals surface area contributed by atoms with E-state index in [0.29, 0.717) is 5.56 Å². The lowest BCUT2D eigenvalue weighted by atomic mass is 10.1. The highest BCUT2D eigenvalue weighted by molar-refractivity contribution is 7.99. The highest BCUT2D eigenvalue weighted by Gasteiger charge is 2.29. The summed E-state index contributed by atoms with van der Waals surface area (Å²) in [5.41, 5.74) is 1.52. The van der Waals surface area contributed by atoms with E-state index in [4.69, 9.17) is 5.11 Å². The molecule has 0 heterocycles. The maximum Gasteiger partial charge on any atom is 0.416 e. The number of halogens is 3. The maximum absolute atomic E-state index is 12.6. The summed E-state index contributed by atoms with van der Waals surface area (Å²) in [7, 11) is 0. The van der Waals surface area contributed by atoms with E-state index in [1.54, 1.807) is 0 Å². The molecule has 0 spiro atoms. The molecule has 0 unspecified atom stereocenters. The third-order valence-electron chi connectivity index (χ3n) is 4.64. The van der Waals surface area contributed by atoms with Gasteiger partial charge in [0.15, 0.2) is 0 Å². The van der Waals surface area contributed by atoms with Crippen LogP contribution in [0.3, 0.4) is 0 Å². The van der Waals surface area contributed by atoms with Gasteiger partial charge < -0.3 is 15.7 Å². The molecule has 0 saturated carbocycles. The van der Waals surface area contributed by atoms with Crippen molar-refractivity contribution in [2.75, 3.05) is 0 Å². The first-order chi connectivity index (χ1) is 15.7. The van der Waals surface area contributed by atoms with Gasteiger partial charge in [-0.05, 0) is 53.1 Å². The molecule has 3 aromatic rings. The molecule has 0 aliphatic heterocycles. The van der Waals surface area contributed by atoms with Crippen LogP contribution in [-0.2, 0) is 30.5 Å². The van der Waals surface area contributed by atoms with Crippen molar-refractivity contribution in [3.63, 3.8) is 0 Å². The Morgan fingerprint density at radius 3 is 2.06 bits per heavy atom. The molecule has 0 fully saturated rings. The predicted molar refractivity (Wildman–Crippen MR) is 119 cm³/mol. The molecule has 3 rings (SSSR count). The van der Waals surface area contributed by atoms with Crippen LogP contribution in [0, 0.1) is 0 Å². The van der Waals surface area contributed by atoms with Gasteiger partial charge in [-0.15, -0.1) is 0 Å². The first-order valence-electron chi connectivity index (χ1n) is 9.94. The number of carboxylic acid groups (broad SMARTS) is 1. The van der Waals surface area contributed by atoms with Gasteiger partial charge in [0.05, 0.1) is 12.0 Å². The fourth-order valence-corrected chi connectivity index (χ4v) is 3.87. The van der Waals surface area contributed by atoms with Crippen LogP contribution in [0.2, 0.25) is 0 Å². The lowest BCUT2D eigenvalue weighted by molar-refractivity contribution is -0.137. The minimum atomic E-state index is -4.38. The number of hydrogen-bond donors (Lipinski definition) is 3. The van der Waals surface area contributed by atoms with Crippen molar-refractivity contribution in [3.05, 3.63) is 95.1 Å². The molecule has 0 aliphatic carbocycles. The van der Waals surface area contributed by atoms with Crippen LogP contribution < -0.4 is 10.6 Å². The molecule has 0 atom stereocenters. The number of alkyl halides is 3. The quantitative estimate of drug-likeness (QED) is 0.404. The monoisotopic (exact) mass is 474 g/mol. The molecule has 3 aromatic carbocycles. The topological polar surface area (TPSA) is 78.4 Å². The number of carbonyl (C=O) groups is 2. The Morgan fingerprint density at radius 2 is 1.42 bits per heavy atom. The summed E-state index contributed by atoms with van der Waals surface area (Å²) in [4.78, 5) is 24.7. The smallest absolute Gasteiger partial charge is 0.416 e. The zero-order valence-corrected chi connectivity index (χ0v) is 18.2. The summed E-state index contributed by atoms with van der Waals surface area (Å²) in [6, 6.07) is 19.7. The van der Waals surface area contributed by atoms with Crippen LogP contribution in [0.1, 0.15) is 22.3 Å². The molecule has 2 amide bonds. The van der Waals surface area contributed by atoms with E-state index in [-0.39, 0.29) is 25.4 Å². The van der Waals surface area contributed by atoms with Crippen molar-refractivity contribution < 1.29 is 27.9 Å². The van der Waals surface area contributed by atoms with Crippen molar-refractivity contribution in [1.82, 2.24) is 10.6 Å². The van der Waals surface area contributed by atoms with Gasteiger partial charge in [0.2, 0.25) is 5.91 Å². The Kier molecular flexibility index (Phi) is 8.00. The number of rotatable bonds is 8. The average molecular weight is 475 g/mol. The first-order valence-corrected chi connectivity index (χ1v) is 10.8. The molecule has 0 saturated heterocycles. The maximum atomic E-state index is 12.6. The molecule has 0 radical (unpaired) electrons. The van der Waals surface area contributed by atoms with Gasteiger partial charge in [-0.2, -0.15) is 13.2 Å². The lowest BCUT2D eigenvalue weighted by Crippen LogP contribution is -2.24. The van der Waals surface area contributed by atoms with E-state index in [1.165, 1.54) is 23.9 Å². The molecule has 9 heteroatoms. The zero-order chi connectivity index (χ0) is 23.8. The molecule has 0 aromatic heterocycles. The minimum absolute atomic E-state index is 0.151. The van der Waals surface area contributed by atoms with Crippen LogP contribution in [0.4, 0.5) is 18.0 Å². The number of amides is 2. The van der Waals surface area contributed by atoms with Gasteiger partial charge in [-0.25, -0.2) is 4.79 Å². The predicted octanol–water partition coefficient (Wildman–Crippen LogP) is 5.48. The largest absolute Gasteiger partial charge is 0.465 e. The standard InChI is InChI=1S/C24H21F3N2O3S/c25-24(26,27)19-8-4-17(5-9-19)14-28-22(30)13-16-6-10-20(11-7-16)33-21-3-1-2-18(12-21)15-29-23(31)32/h1-12,29H,13-15H2,(H,28,30)(H,31,32). The molecular weight excluding hydrogens is 453 g/mol.